The average molecular weight is 209 g/mol. The van der Waals surface area contributed by atoms with Crippen LogP contribution in [0.1, 0.15) is 42.0 Å². The fourth-order valence-electron chi connectivity index (χ4n) is 1.50. The number of rotatable bonds is 3. The van der Waals surface area contributed by atoms with E-state index in [1.165, 1.54) is 0 Å². The summed E-state index contributed by atoms with van der Waals surface area (Å²) in [4.78, 5) is 11.9. The van der Waals surface area contributed by atoms with E-state index >= 15 is 0 Å². The highest BCUT2D eigenvalue weighted by atomic mass is 16.1. The summed E-state index contributed by atoms with van der Waals surface area (Å²) in [5.74, 6) is -0.0209. The molecule has 0 aliphatic rings. The summed E-state index contributed by atoms with van der Waals surface area (Å²) in [5.41, 5.74) is 2.40. The first-order valence-corrected chi connectivity index (χ1v) is 5.28. The van der Waals surface area contributed by atoms with E-state index < -0.39 is 0 Å². The molecule has 1 heterocycles. The Balaban J connectivity index is 2.91. The smallest absolute Gasteiger partial charge is 0.255 e. The van der Waals surface area contributed by atoms with Gasteiger partial charge in [0.15, 0.2) is 0 Å². The van der Waals surface area contributed by atoms with Crippen LogP contribution in [0.15, 0.2) is 0 Å². The van der Waals surface area contributed by atoms with Gasteiger partial charge in [-0.3, -0.25) is 9.48 Å². The van der Waals surface area contributed by atoms with E-state index in [0.717, 1.165) is 17.8 Å². The molecule has 0 radical (unpaired) electrons. The maximum absolute atomic E-state index is 11.9. The fourth-order valence-corrected chi connectivity index (χ4v) is 1.50. The molecule has 1 N–H and O–H groups in total. The maximum atomic E-state index is 11.9. The molecule has 4 heteroatoms. The van der Waals surface area contributed by atoms with E-state index in [-0.39, 0.29) is 11.9 Å². The second-order valence-corrected chi connectivity index (χ2v) is 3.95. The van der Waals surface area contributed by atoms with Crippen LogP contribution in [-0.4, -0.2) is 21.7 Å². The molecule has 0 bridgehead atoms. The fraction of sp³-hybridized carbons (Fsp3) is 0.636. The third-order valence-corrected chi connectivity index (χ3v) is 2.73. The molecule has 1 atom stereocenters. The minimum atomic E-state index is -0.0209. The van der Waals surface area contributed by atoms with Gasteiger partial charge in [0.05, 0.1) is 11.3 Å². The quantitative estimate of drug-likeness (QED) is 0.821. The predicted octanol–water partition coefficient (Wildman–Crippen LogP) is 1.57. The van der Waals surface area contributed by atoms with Gasteiger partial charge in [0.2, 0.25) is 0 Å². The lowest BCUT2D eigenvalue weighted by Gasteiger charge is -2.11. The molecule has 0 fully saturated rings. The number of nitrogens with zero attached hydrogens (tertiary/aromatic N) is 2. The van der Waals surface area contributed by atoms with Crippen molar-refractivity contribution in [2.24, 2.45) is 7.05 Å². The van der Waals surface area contributed by atoms with Gasteiger partial charge in [0, 0.05) is 18.8 Å². The zero-order valence-corrected chi connectivity index (χ0v) is 10.1. The highest BCUT2D eigenvalue weighted by Crippen LogP contribution is 2.11. The van der Waals surface area contributed by atoms with E-state index in [2.05, 4.69) is 10.4 Å². The van der Waals surface area contributed by atoms with Gasteiger partial charge in [-0.05, 0) is 27.2 Å². The van der Waals surface area contributed by atoms with Crippen molar-refractivity contribution in [2.75, 3.05) is 0 Å². The van der Waals surface area contributed by atoms with Gasteiger partial charge >= 0.3 is 0 Å². The maximum Gasteiger partial charge on any atom is 0.255 e. The first-order valence-electron chi connectivity index (χ1n) is 5.28. The number of hydrogen-bond donors (Lipinski definition) is 1. The molecule has 0 saturated heterocycles. The molecule has 0 aliphatic carbocycles. The minimum absolute atomic E-state index is 0.0209. The minimum Gasteiger partial charge on any atom is -0.349 e. The van der Waals surface area contributed by atoms with Gasteiger partial charge in [-0.15, -0.1) is 0 Å². The Morgan fingerprint density at radius 1 is 1.53 bits per heavy atom. The third kappa shape index (κ3) is 2.37. The Kier molecular flexibility index (Phi) is 3.50. The van der Waals surface area contributed by atoms with E-state index in [4.69, 9.17) is 0 Å². The summed E-state index contributed by atoms with van der Waals surface area (Å²) in [6.45, 7) is 7.82. The summed E-state index contributed by atoms with van der Waals surface area (Å²) in [5, 5.41) is 7.17. The largest absolute Gasteiger partial charge is 0.349 e. The lowest BCUT2D eigenvalue weighted by atomic mass is 10.1. The third-order valence-electron chi connectivity index (χ3n) is 2.73. The van der Waals surface area contributed by atoms with Crippen molar-refractivity contribution < 1.29 is 4.79 Å². The molecule has 0 aliphatic heterocycles. The van der Waals surface area contributed by atoms with Crippen LogP contribution in [0.2, 0.25) is 0 Å². The summed E-state index contributed by atoms with van der Waals surface area (Å²) < 4.78 is 1.74. The Morgan fingerprint density at radius 2 is 2.13 bits per heavy atom. The Labute approximate surface area is 90.7 Å². The lowest BCUT2D eigenvalue weighted by Crippen LogP contribution is -2.32. The normalized spacial score (nSPS) is 12.6. The molecule has 4 nitrogen and oxygen atoms in total. The van der Waals surface area contributed by atoms with E-state index in [1.807, 2.05) is 34.7 Å². The van der Waals surface area contributed by atoms with Crippen molar-refractivity contribution in [1.29, 1.82) is 0 Å². The molecule has 0 spiro atoms. The number of aromatic nitrogens is 2. The Bertz CT molecular complexity index is 368. The molecule has 1 amide bonds. The van der Waals surface area contributed by atoms with Crippen LogP contribution in [0.3, 0.4) is 0 Å². The molecule has 1 aromatic heterocycles. The van der Waals surface area contributed by atoms with E-state index in [0.29, 0.717) is 5.56 Å². The molecule has 15 heavy (non-hydrogen) atoms. The van der Waals surface area contributed by atoms with Gasteiger partial charge in [0.1, 0.15) is 0 Å². The second-order valence-electron chi connectivity index (χ2n) is 3.95. The molecule has 1 rings (SSSR count). The molecule has 1 aromatic rings. The van der Waals surface area contributed by atoms with Crippen molar-refractivity contribution in [1.82, 2.24) is 15.1 Å². The monoisotopic (exact) mass is 209 g/mol. The van der Waals surface area contributed by atoms with Crippen LogP contribution < -0.4 is 5.32 Å². The van der Waals surface area contributed by atoms with Crippen LogP contribution in [-0.2, 0) is 7.05 Å². The predicted molar refractivity (Wildman–Crippen MR) is 59.9 cm³/mol. The molecule has 0 unspecified atom stereocenters. The van der Waals surface area contributed by atoms with Gasteiger partial charge in [0.25, 0.3) is 5.91 Å². The molecule has 0 saturated carbocycles. The number of carbonyl (C=O) groups is 1. The molecular weight excluding hydrogens is 190 g/mol. The number of amides is 1. The summed E-state index contributed by atoms with van der Waals surface area (Å²) in [6, 6.07) is 0.205. The Morgan fingerprint density at radius 3 is 2.53 bits per heavy atom. The van der Waals surface area contributed by atoms with Gasteiger partial charge in [-0.25, -0.2) is 0 Å². The first kappa shape index (κ1) is 11.8. The van der Waals surface area contributed by atoms with Crippen molar-refractivity contribution in [2.45, 2.75) is 40.2 Å². The lowest BCUT2D eigenvalue weighted by molar-refractivity contribution is 0.0938. The van der Waals surface area contributed by atoms with Crippen LogP contribution >= 0.6 is 0 Å². The SMILES string of the molecule is CC[C@H](C)NC(=O)c1c(C)nn(C)c1C. The van der Waals surface area contributed by atoms with Crippen molar-refractivity contribution in [3.63, 3.8) is 0 Å². The number of carbonyl (C=O) groups excluding carboxylic acids is 1. The highest BCUT2D eigenvalue weighted by Gasteiger charge is 2.17. The van der Waals surface area contributed by atoms with Crippen molar-refractivity contribution in [3.8, 4) is 0 Å². The average Bonchev–Trinajstić information content (AvgIpc) is 2.41. The van der Waals surface area contributed by atoms with Crippen LogP contribution in [0.4, 0.5) is 0 Å². The zero-order chi connectivity index (χ0) is 11.6. The van der Waals surface area contributed by atoms with Crippen LogP contribution in [0.25, 0.3) is 0 Å². The van der Waals surface area contributed by atoms with Gasteiger partial charge in [-0.1, -0.05) is 6.92 Å². The summed E-state index contributed by atoms with van der Waals surface area (Å²) >= 11 is 0. The van der Waals surface area contributed by atoms with Gasteiger partial charge in [-0.2, -0.15) is 5.10 Å². The zero-order valence-electron chi connectivity index (χ0n) is 10.1. The Hall–Kier alpha value is -1.32. The van der Waals surface area contributed by atoms with E-state index in [9.17, 15) is 4.79 Å². The van der Waals surface area contributed by atoms with Crippen molar-refractivity contribution in [3.05, 3.63) is 17.0 Å². The second kappa shape index (κ2) is 4.47. The summed E-state index contributed by atoms with van der Waals surface area (Å²) in [7, 11) is 1.85. The molecule has 0 aromatic carbocycles. The highest BCUT2D eigenvalue weighted by molar-refractivity contribution is 5.96. The molecule has 84 valence electrons. The standard InChI is InChI=1S/C11H19N3O/c1-6-7(2)12-11(15)10-8(3)13-14(5)9(10)4/h7H,6H2,1-5H3,(H,12,15)/t7-/m0/s1. The topological polar surface area (TPSA) is 46.9 Å². The summed E-state index contributed by atoms with van der Waals surface area (Å²) in [6.07, 6.45) is 0.935. The van der Waals surface area contributed by atoms with Gasteiger partial charge < -0.3 is 5.32 Å². The first-order chi connectivity index (χ1) is 6.97. The van der Waals surface area contributed by atoms with E-state index in [1.54, 1.807) is 4.68 Å². The number of hydrogen-bond acceptors (Lipinski definition) is 2. The van der Waals surface area contributed by atoms with Crippen molar-refractivity contribution >= 4 is 5.91 Å². The van der Waals surface area contributed by atoms with Crippen LogP contribution in [0.5, 0.6) is 0 Å². The molecular formula is C11H19N3O. The van der Waals surface area contributed by atoms with Crippen LogP contribution in [0, 0.1) is 13.8 Å². The number of nitrogens with one attached hydrogen (secondary N) is 1. The number of aryl methyl sites for hydroxylation is 2.